The molecule has 2 nitrogen and oxygen atoms in total. The van der Waals surface area contributed by atoms with Crippen molar-refractivity contribution in [3.8, 4) is 0 Å². The van der Waals surface area contributed by atoms with E-state index in [1.165, 1.54) is 0 Å². The van der Waals surface area contributed by atoms with Crippen molar-refractivity contribution in [3.05, 3.63) is 0 Å². The van der Waals surface area contributed by atoms with Gasteiger partial charge in [0.15, 0.2) is 5.06 Å². The second-order valence-corrected chi connectivity index (χ2v) is 4.13. The summed E-state index contributed by atoms with van der Waals surface area (Å²) < 4.78 is 0. The van der Waals surface area contributed by atoms with Gasteiger partial charge in [-0.1, -0.05) is 6.92 Å². The van der Waals surface area contributed by atoms with E-state index in [0.717, 1.165) is 6.54 Å². The van der Waals surface area contributed by atoms with Crippen LogP contribution in [-0.4, -0.2) is 22.0 Å². The number of aliphatic hydroxyl groups is 1. The minimum Gasteiger partial charge on any atom is -0.367 e. The molecular formula is C5H11NOS. The van der Waals surface area contributed by atoms with Crippen molar-refractivity contribution in [2.24, 2.45) is 0 Å². The summed E-state index contributed by atoms with van der Waals surface area (Å²) in [7, 11) is 0. The fourth-order valence-corrected chi connectivity index (χ4v) is 1.93. The van der Waals surface area contributed by atoms with Crippen LogP contribution in [0.15, 0.2) is 0 Å². The van der Waals surface area contributed by atoms with Crippen molar-refractivity contribution in [1.29, 1.82) is 0 Å². The smallest absolute Gasteiger partial charge is 0.161 e. The molecule has 0 aromatic rings. The van der Waals surface area contributed by atoms with E-state index in [0.29, 0.717) is 5.25 Å². The molecule has 1 aliphatic heterocycles. The van der Waals surface area contributed by atoms with E-state index in [-0.39, 0.29) is 0 Å². The maximum absolute atomic E-state index is 9.22. The first-order valence-electron chi connectivity index (χ1n) is 2.75. The minimum atomic E-state index is -0.667. The Balaban J connectivity index is 2.44. The fraction of sp³-hybridized carbons (Fsp3) is 1.00. The van der Waals surface area contributed by atoms with E-state index in [9.17, 15) is 5.11 Å². The van der Waals surface area contributed by atoms with Crippen LogP contribution >= 0.6 is 11.8 Å². The molecule has 0 bridgehead atoms. The summed E-state index contributed by atoms with van der Waals surface area (Å²) >= 11 is 1.57. The van der Waals surface area contributed by atoms with Gasteiger partial charge in [-0.05, 0) is 6.92 Å². The molecule has 0 aliphatic carbocycles. The first-order valence-corrected chi connectivity index (χ1v) is 3.63. The van der Waals surface area contributed by atoms with Gasteiger partial charge in [0.1, 0.15) is 0 Å². The van der Waals surface area contributed by atoms with Gasteiger partial charge in [-0.25, -0.2) is 0 Å². The SMILES string of the molecule is CC1CNC(C)(O)S1. The molecule has 1 saturated heterocycles. The molecule has 0 aromatic heterocycles. The van der Waals surface area contributed by atoms with E-state index in [1.54, 1.807) is 18.7 Å². The van der Waals surface area contributed by atoms with Gasteiger partial charge in [0.25, 0.3) is 0 Å². The van der Waals surface area contributed by atoms with Gasteiger partial charge in [-0.3, -0.25) is 5.32 Å². The summed E-state index contributed by atoms with van der Waals surface area (Å²) in [4.78, 5) is 0. The minimum absolute atomic E-state index is 0.546. The summed E-state index contributed by atoms with van der Waals surface area (Å²) in [5.41, 5.74) is 0. The summed E-state index contributed by atoms with van der Waals surface area (Å²) in [6, 6.07) is 0. The summed E-state index contributed by atoms with van der Waals surface area (Å²) in [6.45, 7) is 4.79. The van der Waals surface area contributed by atoms with Crippen LogP contribution in [0.1, 0.15) is 13.8 Å². The lowest BCUT2D eigenvalue weighted by Crippen LogP contribution is -2.32. The Labute approximate surface area is 53.7 Å². The van der Waals surface area contributed by atoms with Crippen molar-refractivity contribution in [2.45, 2.75) is 24.2 Å². The van der Waals surface area contributed by atoms with Crippen molar-refractivity contribution in [1.82, 2.24) is 5.32 Å². The van der Waals surface area contributed by atoms with Gasteiger partial charge in [-0.15, -0.1) is 11.8 Å². The van der Waals surface area contributed by atoms with Gasteiger partial charge < -0.3 is 5.11 Å². The molecule has 3 heteroatoms. The molecule has 1 heterocycles. The van der Waals surface area contributed by atoms with Crippen LogP contribution in [0.3, 0.4) is 0 Å². The maximum atomic E-state index is 9.22. The van der Waals surface area contributed by atoms with Crippen molar-refractivity contribution in [2.75, 3.05) is 6.54 Å². The molecular weight excluding hydrogens is 122 g/mol. The quantitative estimate of drug-likeness (QED) is 0.501. The fourth-order valence-electron chi connectivity index (χ4n) is 0.808. The second kappa shape index (κ2) is 1.90. The highest BCUT2D eigenvalue weighted by molar-refractivity contribution is 8.01. The van der Waals surface area contributed by atoms with Crippen LogP contribution in [-0.2, 0) is 0 Å². The second-order valence-electron chi connectivity index (χ2n) is 2.29. The van der Waals surface area contributed by atoms with E-state index < -0.39 is 5.06 Å². The lowest BCUT2D eigenvalue weighted by molar-refractivity contribution is 0.130. The predicted molar refractivity (Wildman–Crippen MR) is 35.7 cm³/mol. The zero-order valence-electron chi connectivity index (χ0n) is 5.14. The maximum Gasteiger partial charge on any atom is 0.161 e. The molecule has 2 N–H and O–H groups in total. The molecule has 0 saturated carbocycles. The third-order valence-corrected chi connectivity index (χ3v) is 2.32. The molecule has 1 fully saturated rings. The Kier molecular flexibility index (Phi) is 1.52. The number of hydrogen-bond donors (Lipinski definition) is 2. The van der Waals surface area contributed by atoms with Crippen LogP contribution in [0.4, 0.5) is 0 Å². The number of rotatable bonds is 0. The highest BCUT2D eigenvalue weighted by Gasteiger charge is 2.29. The zero-order valence-corrected chi connectivity index (χ0v) is 5.96. The standard InChI is InChI=1S/C5H11NOS/c1-4-3-6-5(2,7)8-4/h4,6-7H,3H2,1-2H3. The van der Waals surface area contributed by atoms with E-state index in [4.69, 9.17) is 0 Å². The molecule has 2 atom stereocenters. The van der Waals surface area contributed by atoms with Crippen LogP contribution in [0.25, 0.3) is 0 Å². The van der Waals surface area contributed by atoms with E-state index >= 15 is 0 Å². The van der Waals surface area contributed by atoms with Crippen molar-refractivity contribution in [3.63, 3.8) is 0 Å². The highest BCUT2D eigenvalue weighted by atomic mass is 32.2. The Morgan fingerprint density at radius 3 is 2.62 bits per heavy atom. The lowest BCUT2D eigenvalue weighted by Gasteiger charge is -2.13. The van der Waals surface area contributed by atoms with E-state index in [1.807, 2.05) is 0 Å². The van der Waals surface area contributed by atoms with Crippen molar-refractivity contribution >= 4 is 11.8 Å². The van der Waals surface area contributed by atoms with Gasteiger partial charge in [0.2, 0.25) is 0 Å². The third-order valence-electron chi connectivity index (χ3n) is 1.15. The molecule has 1 aliphatic rings. The molecule has 0 amide bonds. The average Bonchev–Trinajstić information content (AvgIpc) is 1.82. The van der Waals surface area contributed by atoms with Crippen molar-refractivity contribution < 1.29 is 5.11 Å². The Morgan fingerprint density at radius 2 is 2.50 bits per heavy atom. The van der Waals surface area contributed by atoms with Crippen LogP contribution in [0.5, 0.6) is 0 Å². The van der Waals surface area contributed by atoms with Gasteiger partial charge in [-0.2, -0.15) is 0 Å². The first kappa shape index (κ1) is 6.39. The zero-order chi connectivity index (χ0) is 6.20. The monoisotopic (exact) mass is 133 g/mol. The van der Waals surface area contributed by atoms with Crippen LogP contribution < -0.4 is 5.32 Å². The normalized spacial score (nSPS) is 47.6. The molecule has 8 heavy (non-hydrogen) atoms. The number of hydrogen-bond acceptors (Lipinski definition) is 3. The third kappa shape index (κ3) is 1.37. The topological polar surface area (TPSA) is 32.3 Å². The molecule has 2 unspecified atom stereocenters. The Bertz CT molecular complexity index is 94.4. The molecule has 0 aromatic carbocycles. The number of thioether (sulfide) groups is 1. The van der Waals surface area contributed by atoms with Crippen LogP contribution in [0, 0.1) is 0 Å². The number of nitrogens with one attached hydrogen (secondary N) is 1. The predicted octanol–water partition coefficient (Wildman–Crippen LogP) is 0.377. The average molecular weight is 133 g/mol. The van der Waals surface area contributed by atoms with Gasteiger partial charge >= 0.3 is 0 Å². The molecule has 0 radical (unpaired) electrons. The Hall–Kier alpha value is 0.270. The summed E-state index contributed by atoms with van der Waals surface area (Å²) in [5, 5.41) is 12.1. The summed E-state index contributed by atoms with van der Waals surface area (Å²) in [6.07, 6.45) is 0. The summed E-state index contributed by atoms with van der Waals surface area (Å²) in [5.74, 6) is 0. The Morgan fingerprint density at radius 1 is 1.88 bits per heavy atom. The molecule has 0 spiro atoms. The highest BCUT2D eigenvalue weighted by Crippen LogP contribution is 2.28. The first-order chi connectivity index (χ1) is 3.60. The van der Waals surface area contributed by atoms with Crippen LogP contribution in [0.2, 0.25) is 0 Å². The molecule has 48 valence electrons. The van der Waals surface area contributed by atoms with Gasteiger partial charge in [0, 0.05) is 11.8 Å². The lowest BCUT2D eigenvalue weighted by atomic mass is 10.5. The molecule has 1 rings (SSSR count). The van der Waals surface area contributed by atoms with E-state index in [2.05, 4.69) is 12.2 Å². The largest absolute Gasteiger partial charge is 0.367 e. The van der Waals surface area contributed by atoms with Gasteiger partial charge in [0.05, 0.1) is 0 Å².